The molecular weight excluding hydrogens is 464 g/mol. The molecule has 2 aromatic carbocycles. The number of nitrogens with two attached hydrogens (primary N) is 1. The second-order valence-electron chi connectivity index (χ2n) is 8.29. The van der Waals surface area contributed by atoms with Gasteiger partial charge in [0.15, 0.2) is 9.84 Å². The first-order valence-electron chi connectivity index (χ1n) is 11.1. The predicted molar refractivity (Wildman–Crippen MR) is 141 cm³/mol. The van der Waals surface area contributed by atoms with Gasteiger partial charge < -0.3 is 25.7 Å². The summed E-state index contributed by atoms with van der Waals surface area (Å²) in [5.41, 5.74) is 10.0. The summed E-state index contributed by atoms with van der Waals surface area (Å²) in [7, 11) is -3.38. The molecule has 0 unspecified atom stereocenters. The first-order chi connectivity index (χ1) is 16.7. The van der Waals surface area contributed by atoms with Gasteiger partial charge in [-0.1, -0.05) is 18.7 Å². The summed E-state index contributed by atoms with van der Waals surface area (Å²) in [6, 6.07) is 16.0. The molecule has 1 aliphatic rings. The SMILES string of the molecule is C=C(Nc1ccc(N2CCOCC2)cc1)c1c(/C=C(\N)c2cccc(S(C)(=O)=O)c2)cc[nH]c1=O. The lowest BCUT2D eigenvalue weighted by Crippen LogP contribution is -2.36. The average Bonchev–Trinajstić information content (AvgIpc) is 2.84. The number of aromatic amines is 1. The maximum absolute atomic E-state index is 12.7. The standard InChI is InChI=1S/C26H28N4O4S/c1-18(29-21-6-8-22(9-7-21)30-12-14-34-15-13-30)25-20(10-11-28-26(25)31)17-24(27)19-4-3-5-23(16-19)35(2,32)33/h3-11,16-17,29H,1,12-15,27H2,2H3,(H,28,31)/b24-17-. The normalized spacial score (nSPS) is 14.5. The summed E-state index contributed by atoms with van der Waals surface area (Å²) < 4.78 is 29.2. The molecule has 0 aliphatic carbocycles. The molecule has 0 bridgehead atoms. The fourth-order valence-electron chi connectivity index (χ4n) is 3.90. The van der Waals surface area contributed by atoms with Gasteiger partial charge in [-0.15, -0.1) is 0 Å². The molecule has 0 radical (unpaired) electrons. The Kier molecular flexibility index (Phi) is 7.09. The van der Waals surface area contributed by atoms with Gasteiger partial charge in [-0.2, -0.15) is 0 Å². The molecule has 35 heavy (non-hydrogen) atoms. The second kappa shape index (κ2) is 10.2. The van der Waals surface area contributed by atoms with Crippen LogP contribution in [-0.2, 0) is 14.6 Å². The number of benzene rings is 2. The molecule has 0 spiro atoms. The third kappa shape index (κ3) is 5.82. The van der Waals surface area contributed by atoms with Crippen molar-refractivity contribution in [3.8, 4) is 0 Å². The van der Waals surface area contributed by atoms with Crippen molar-refractivity contribution in [3.05, 3.63) is 94.4 Å². The third-order valence-corrected chi connectivity index (χ3v) is 6.85. The molecule has 1 saturated heterocycles. The van der Waals surface area contributed by atoms with Crippen LogP contribution in [0.4, 0.5) is 11.4 Å². The first-order valence-corrected chi connectivity index (χ1v) is 13.0. The zero-order valence-corrected chi connectivity index (χ0v) is 20.3. The van der Waals surface area contributed by atoms with E-state index in [9.17, 15) is 13.2 Å². The summed E-state index contributed by atoms with van der Waals surface area (Å²) in [6.45, 7) is 7.20. The number of nitrogens with one attached hydrogen (secondary N) is 2. The summed E-state index contributed by atoms with van der Waals surface area (Å²) >= 11 is 0. The van der Waals surface area contributed by atoms with Crippen molar-refractivity contribution in [2.24, 2.45) is 5.73 Å². The van der Waals surface area contributed by atoms with Crippen LogP contribution >= 0.6 is 0 Å². The molecule has 9 heteroatoms. The van der Waals surface area contributed by atoms with Crippen LogP contribution in [0.25, 0.3) is 17.5 Å². The quantitative estimate of drug-likeness (QED) is 0.464. The molecule has 0 saturated carbocycles. The number of hydrogen-bond donors (Lipinski definition) is 3. The first kappa shape index (κ1) is 24.3. The fraction of sp³-hybridized carbons (Fsp3) is 0.192. The maximum atomic E-state index is 12.7. The van der Waals surface area contributed by atoms with E-state index in [4.69, 9.17) is 10.5 Å². The number of pyridine rings is 1. The zero-order valence-electron chi connectivity index (χ0n) is 19.5. The lowest BCUT2D eigenvalue weighted by atomic mass is 10.0. The molecule has 0 atom stereocenters. The summed E-state index contributed by atoms with van der Waals surface area (Å²) in [5, 5.41) is 3.20. The van der Waals surface area contributed by atoms with Gasteiger partial charge in [0.05, 0.1) is 23.7 Å². The molecule has 1 fully saturated rings. The molecular formula is C26H28N4O4S. The molecule has 0 amide bonds. The minimum absolute atomic E-state index is 0.170. The Balaban J connectivity index is 1.58. The third-order valence-electron chi connectivity index (χ3n) is 5.74. The Morgan fingerprint density at radius 2 is 1.86 bits per heavy atom. The average molecular weight is 493 g/mol. The number of nitrogens with zero attached hydrogens (tertiary/aromatic N) is 1. The van der Waals surface area contributed by atoms with Gasteiger partial charge in [0, 0.05) is 48.3 Å². The van der Waals surface area contributed by atoms with Crippen LogP contribution < -0.4 is 21.5 Å². The molecule has 8 nitrogen and oxygen atoms in total. The highest BCUT2D eigenvalue weighted by atomic mass is 32.2. The number of aromatic nitrogens is 1. The number of H-pyrrole nitrogens is 1. The Hall–Kier alpha value is -3.82. The van der Waals surface area contributed by atoms with E-state index in [0.29, 0.717) is 41.3 Å². The van der Waals surface area contributed by atoms with Crippen molar-refractivity contribution in [3.63, 3.8) is 0 Å². The number of sulfone groups is 1. The lowest BCUT2D eigenvalue weighted by Gasteiger charge is -2.29. The highest BCUT2D eigenvalue weighted by Crippen LogP contribution is 2.24. The second-order valence-corrected chi connectivity index (χ2v) is 10.3. The topological polar surface area (TPSA) is 118 Å². The predicted octanol–water partition coefficient (Wildman–Crippen LogP) is 3.15. The van der Waals surface area contributed by atoms with Gasteiger partial charge in [-0.05, 0) is 59.7 Å². The molecule has 4 N–H and O–H groups in total. The Labute approximate surface area is 204 Å². The molecule has 2 heterocycles. The fourth-order valence-corrected chi connectivity index (χ4v) is 4.56. The highest BCUT2D eigenvalue weighted by Gasteiger charge is 2.14. The van der Waals surface area contributed by atoms with E-state index < -0.39 is 9.84 Å². The van der Waals surface area contributed by atoms with Crippen LogP contribution in [-0.4, -0.2) is 46.0 Å². The van der Waals surface area contributed by atoms with Crippen molar-refractivity contribution in [1.29, 1.82) is 0 Å². The van der Waals surface area contributed by atoms with Gasteiger partial charge in [-0.25, -0.2) is 8.42 Å². The van der Waals surface area contributed by atoms with Crippen molar-refractivity contribution in [1.82, 2.24) is 4.98 Å². The van der Waals surface area contributed by atoms with Crippen molar-refractivity contribution in [2.45, 2.75) is 4.90 Å². The molecule has 1 aliphatic heterocycles. The van der Waals surface area contributed by atoms with E-state index in [1.807, 2.05) is 24.3 Å². The summed E-state index contributed by atoms with van der Waals surface area (Å²) in [5.74, 6) is 0. The van der Waals surface area contributed by atoms with E-state index in [1.165, 1.54) is 18.3 Å². The van der Waals surface area contributed by atoms with E-state index in [0.717, 1.165) is 30.7 Å². The Morgan fingerprint density at radius 1 is 1.14 bits per heavy atom. The van der Waals surface area contributed by atoms with Crippen molar-refractivity contribution >= 4 is 38.7 Å². The number of rotatable bonds is 7. The molecule has 182 valence electrons. The molecule has 1 aromatic heterocycles. The smallest absolute Gasteiger partial charge is 0.257 e. The van der Waals surface area contributed by atoms with Gasteiger partial charge >= 0.3 is 0 Å². The van der Waals surface area contributed by atoms with Crippen LogP contribution in [0.1, 0.15) is 16.7 Å². The van der Waals surface area contributed by atoms with Gasteiger partial charge in [0.1, 0.15) is 0 Å². The minimum atomic E-state index is -3.38. The number of morpholine rings is 1. The van der Waals surface area contributed by atoms with Crippen molar-refractivity contribution in [2.75, 3.05) is 42.8 Å². The van der Waals surface area contributed by atoms with Crippen molar-refractivity contribution < 1.29 is 13.2 Å². The largest absolute Gasteiger partial charge is 0.398 e. The van der Waals surface area contributed by atoms with Crippen LogP contribution in [0.2, 0.25) is 0 Å². The molecule has 3 aromatic rings. The number of anilines is 2. The summed E-state index contributed by atoms with van der Waals surface area (Å²) in [6.07, 6.45) is 4.31. The van der Waals surface area contributed by atoms with E-state index in [1.54, 1.807) is 24.3 Å². The number of ether oxygens (including phenoxy) is 1. The highest BCUT2D eigenvalue weighted by molar-refractivity contribution is 7.90. The number of hydrogen-bond acceptors (Lipinski definition) is 7. The van der Waals surface area contributed by atoms with Gasteiger partial charge in [0.2, 0.25) is 0 Å². The van der Waals surface area contributed by atoms with Crippen LogP contribution in [0.3, 0.4) is 0 Å². The van der Waals surface area contributed by atoms with Gasteiger partial charge in [-0.3, -0.25) is 4.79 Å². The van der Waals surface area contributed by atoms with Crippen LogP contribution in [0, 0.1) is 0 Å². The summed E-state index contributed by atoms with van der Waals surface area (Å²) in [4.78, 5) is 17.8. The van der Waals surface area contributed by atoms with Gasteiger partial charge in [0.25, 0.3) is 5.56 Å². The van der Waals surface area contributed by atoms with E-state index in [2.05, 4.69) is 21.8 Å². The monoisotopic (exact) mass is 492 g/mol. The van der Waals surface area contributed by atoms with E-state index in [-0.39, 0.29) is 10.5 Å². The van der Waals surface area contributed by atoms with Crippen LogP contribution in [0.15, 0.2) is 77.1 Å². The molecule has 4 rings (SSSR count). The zero-order chi connectivity index (χ0) is 25.0. The minimum Gasteiger partial charge on any atom is -0.398 e. The van der Waals surface area contributed by atoms with Crippen LogP contribution in [0.5, 0.6) is 0 Å². The Bertz CT molecular complexity index is 1420. The maximum Gasteiger partial charge on any atom is 0.257 e. The Morgan fingerprint density at radius 3 is 2.54 bits per heavy atom. The lowest BCUT2D eigenvalue weighted by molar-refractivity contribution is 0.122. The van der Waals surface area contributed by atoms with E-state index >= 15 is 0 Å².